The van der Waals surface area contributed by atoms with Crippen LogP contribution in [0.25, 0.3) is 5.69 Å². The molecule has 8 nitrogen and oxygen atoms in total. The summed E-state index contributed by atoms with van der Waals surface area (Å²) in [4.78, 5) is 27.4. The zero-order valence-corrected chi connectivity index (χ0v) is 22.9. The van der Waals surface area contributed by atoms with Crippen molar-refractivity contribution in [3.8, 4) is 11.4 Å². The molecule has 0 unspecified atom stereocenters. The van der Waals surface area contributed by atoms with Crippen LogP contribution in [0.5, 0.6) is 5.75 Å². The van der Waals surface area contributed by atoms with E-state index in [1.54, 1.807) is 42.1 Å². The Labute approximate surface area is 226 Å². The van der Waals surface area contributed by atoms with E-state index in [4.69, 9.17) is 4.74 Å². The maximum atomic E-state index is 13.4. The molecule has 0 spiro atoms. The number of rotatable bonds is 8. The number of carbonyl (C=O) groups excluding carboxylic acids is 2. The van der Waals surface area contributed by atoms with E-state index in [-0.39, 0.29) is 30.1 Å². The highest BCUT2D eigenvalue weighted by Crippen LogP contribution is 2.34. The largest absolute Gasteiger partial charge is 0.497 e. The van der Waals surface area contributed by atoms with Crippen LogP contribution in [0.15, 0.2) is 54.6 Å². The Kier molecular flexibility index (Phi) is 8.93. The van der Waals surface area contributed by atoms with Crippen molar-refractivity contribution in [2.75, 3.05) is 30.8 Å². The Morgan fingerprint density at radius 1 is 1.03 bits per heavy atom. The number of para-hydroxylation sites is 1. The fraction of sp³-hybridized carbons (Fsp3) is 0.393. The maximum Gasteiger partial charge on any atom is 0.418 e. The summed E-state index contributed by atoms with van der Waals surface area (Å²) in [5, 5.41) is 9.81. The van der Waals surface area contributed by atoms with Gasteiger partial charge in [-0.2, -0.15) is 18.3 Å². The minimum Gasteiger partial charge on any atom is -0.497 e. The zero-order chi connectivity index (χ0) is 29.0. The highest BCUT2D eigenvalue weighted by molar-refractivity contribution is 5.97. The number of aromatic nitrogens is 2. The summed E-state index contributed by atoms with van der Waals surface area (Å²) in [7, 11) is 1.56. The lowest BCUT2D eigenvalue weighted by atomic mass is 9.92. The molecule has 11 heteroatoms. The number of hydrogen-bond donors (Lipinski definition) is 2. The summed E-state index contributed by atoms with van der Waals surface area (Å²) in [6.07, 6.45) is -4.64. The smallest absolute Gasteiger partial charge is 0.418 e. The lowest BCUT2D eigenvalue weighted by Gasteiger charge is -2.25. The SMILES string of the molecule is COc1ccc(-n2nc(C(C)(C)C)cc2NC(=O)CN(CC(C)C)C(=O)Nc2ccccc2C(F)(F)F)cc1. The summed E-state index contributed by atoms with van der Waals surface area (Å²) in [6.45, 7) is 9.44. The normalized spacial score (nSPS) is 11.8. The number of ether oxygens (including phenoxy) is 1. The highest BCUT2D eigenvalue weighted by atomic mass is 19.4. The molecule has 0 aliphatic carbocycles. The van der Waals surface area contributed by atoms with Gasteiger partial charge in [-0.05, 0) is 42.3 Å². The minimum absolute atomic E-state index is 0.0428. The molecule has 1 aromatic heterocycles. The first kappa shape index (κ1) is 29.5. The number of hydrogen-bond acceptors (Lipinski definition) is 4. The average molecular weight is 546 g/mol. The Morgan fingerprint density at radius 2 is 1.67 bits per heavy atom. The first-order chi connectivity index (χ1) is 18.2. The predicted octanol–water partition coefficient (Wildman–Crippen LogP) is 6.33. The average Bonchev–Trinajstić information content (AvgIpc) is 3.27. The number of halogens is 3. The van der Waals surface area contributed by atoms with Gasteiger partial charge in [0.15, 0.2) is 0 Å². The number of carbonyl (C=O) groups is 2. The van der Waals surface area contributed by atoms with E-state index in [0.717, 1.165) is 11.8 Å². The summed E-state index contributed by atoms with van der Waals surface area (Å²) < 4.78 is 47.1. The third-order valence-corrected chi connectivity index (χ3v) is 5.74. The first-order valence-corrected chi connectivity index (χ1v) is 12.5. The maximum absolute atomic E-state index is 13.4. The van der Waals surface area contributed by atoms with Crippen molar-refractivity contribution in [1.82, 2.24) is 14.7 Å². The van der Waals surface area contributed by atoms with Gasteiger partial charge in [0.25, 0.3) is 0 Å². The molecule has 0 aliphatic rings. The van der Waals surface area contributed by atoms with E-state index in [9.17, 15) is 22.8 Å². The quantitative estimate of drug-likeness (QED) is 0.347. The van der Waals surface area contributed by atoms with Crippen LogP contribution in [-0.2, 0) is 16.4 Å². The minimum atomic E-state index is -4.64. The summed E-state index contributed by atoms with van der Waals surface area (Å²) in [5.74, 6) is 0.487. The summed E-state index contributed by atoms with van der Waals surface area (Å²) in [5.41, 5.74) is -0.245. The van der Waals surface area contributed by atoms with Gasteiger partial charge >= 0.3 is 12.2 Å². The third kappa shape index (κ3) is 7.75. The number of methoxy groups -OCH3 is 1. The molecular formula is C28H34F3N5O3. The van der Waals surface area contributed by atoms with Crippen LogP contribution in [0.3, 0.4) is 0 Å². The molecule has 3 rings (SSSR count). The predicted molar refractivity (Wildman–Crippen MR) is 144 cm³/mol. The molecule has 3 amide bonds. The van der Waals surface area contributed by atoms with Crippen LogP contribution < -0.4 is 15.4 Å². The van der Waals surface area contributed by atoms with Gasteiger partial charge in [0, 0.05) is 18.0 Å². The van der Waals surface area contributed by atoms with E-state index in [2.05, 4.69) is 15.7 Å². The van der Waals surface area contributed by atoms with Gasteiger partial charge in [0.05, 0.1) is 29.7 Å². The van der Waals surface area contributed by atoms with Crippen molar-refractivity contribution in [3.63, 3.8) is 0 Å². The third-order valence-electron chi connectivity index (χ3n) is 5.74. The van der Waals surface area contributed by atoms with Crippen molar-refractivity contribution in [3.05, 3.63) is 65.9 Å². The van der Waals surface area contributed by atoms with Gasteiger partial charge in [-0.1, -0.05) is 46.8 Å². The number of alkyl halides is 3. The second-order valence-electron chi connectivity index (χ2n) is 10.6. The Hall–Kier alpha value is -4.02. The fourth-order valence-electron chi connectivity index (χ4n) is 3.81. The topological polar surface area (TPSA) is 88.5 Å². The molecule has 0 saturated carbocycles. The number of amides is 3. The Morgan fingerprint density at radius 3 is 2.23 bits per heavy atom. The molecule has 0 bridgehead atoms. The molecule has 0 saturated heterocycles. The number of anilines is 2. The Balaban J connectivity index is 1.85. The van der Waals surface area contributed by atoms with E-state index < -0.39 is 23.7 Å². The molecule has 0 aliphatic heterocycles. The molecule has 3 aromatic rings. The second kappa shape index (κ2) is 11.8. The van der Waals surface area contributed by atoms with Gasteiger partial charge in [-0.3, -0.25) is 4.79 Å². The standard InChI is InChI=1S/C28H34F3N5O3/c1-18(2)16-35(26(38)32-22-10-8-7-9-21(22)28(29,30)31)17-25(37)33-24-15-23(27(3,4)5)34-36(24)19-11-13-20(39-6)14-12-19/h7-15,18H,16-17H2,1-6H3,(H,32,38)(H,33,37). The van der Waals surface area contributed by atoms with Crippen LogP contribution in [0.1, 0.15) is 45.9 Å². The molecule has 0 fully saturated rings. The van der Waals surface area contributed by atoms with Gasteiger partial charge in [0.1, 0.15) is 18.1 Å². The van der Waals surface area contributed by atoms with Crippen LogP contribution in [0.2, 0.25) is 0 Å². The summed E-state index contributed by atoms with van der Waals surface area (Å²) in [6, 6.07) is 12.8. The number of urea groups is 1. The summed E-state index contributed by atoms with van der Waals surface area (Å²) >= 11 is 0. The number of nitrogens with one attached hydrogen (secondary N) is 2. The molecule has 2 aromatic carbocycles. The van der Waals surface area contributed by atoms with E-state index in [0.29, 0.717) is 17.3 Å². The van der Waals surface area contributed by atoms with Crippen molar-refractivity contribution in [1.29, 1.82) is 0 Å². The molecule has 0 radical (unpaired) electrons. The molecular weight excluding hydrogens is 511 g/mol. The molecule has 210 valence electrons. The second-order valence-corrected chi connectivity index (χ2v) is 10.6. The lowest BCUT2D eigenvalue weighted by molar-refractivity contribution is -0.137. The first-order valence-electron chi connectivity index (χ1n) is 12.5. The van der Waals surface area contributed by atoms with E-state index in [1.807, 2.05) is 34.6 Å². The molecule has 0 atom stereocenters. The highest BCUT2D eigenvalue weighted by Gasteiger charge is 2.34. The van der Waals surface area contributed by atoms with Gasteiger partial charge in [-0.25, -0.2) is 9.48 Å². The number of nitrogens with zero attached hydrogens (tertiary/aromatic N) is 3. The van der Waals surface area contributed by atoms with Crippen molar-refractivity contribution in [2.45, 2.75) is 46.2 Å². The van der Waals surface area contributed by atoms with Gasteiger partial charge < -0.3 is 20.3 Å². The fourth-order valence-corrected chi connectivity index (χ4v) is 3.81. The van der Waals surface area contributed by atoms with Crippen LogP contribution in [-0.4, -0.2) is 46.8 Å². The number of benzene rings is 2. The van der Waals surface area contributed by atoms with Crippen LogP contribution in [0.4, 0.5) is 29.5 Å². The van der Waals surface area contributed by atoms with E-state index >= 15 is 0 Å². The van der Waals surface area contributed by atoms with Gasteiger partial charge in [0.2, 0.25) is 5.91 Å². The molecule has 2 N–H and O–H groups in total. The monoisotopic (exact) mass is 545 g/mol. The lowest BCUT2D eigenvalue weighted by Crippen LogP contribution is -2.43. The van der Waals surface area contributed by atoms with Crippen molar-refractivity contribution in [2.24, 2.45) is 5.92 Å². The van der Waals surface area contributed by atoms with Gasteiger partial charge in [-0.15, -0.1) is 0 Å². The van der Waals surface area contributed by atoms with Crippen molar-refractivity contribution >= 4 is 23.4 Å². The Bertz CT molecular complexity index is 1300. The molecule has 1 heterocycles. The zero-order valence-electron chi connectivity index (χ0n) is 22.9. The van der Waals surface area contributed by atoms with E-state index in [1.165, 1.54) is 23.1 Å². The van der Waals surface area contributed by atoms with Crippen LogP contribution in [0, 0.1) is 5.92 Å². The van der Waals surface area contributed by atoms with Crippen LogP contribution >= 0.6 is 0 Å². The molecule has 39 heavy (non-hydrogen) atoms. The van der Waals surface area contributed by atoms with Crippen molar-refractivity contribution < 1.29 is 27.5 Å².